The quantitative estimate of drug-likeness (QED) is 0.0629. The number of aliphatic hydroxyl groups is 1. The second-order valence-corrected chi connectivity index (χ2v) is 26.3. The zero-order valence-corrected chi connectivity index (χ0v) is 49.6. The average Bonchev–Trinajstić information content (AvgIpc) is 1.18. The van der Waals surface area contributed by atoms with Crippen LogP contribution in [0.15, 0.2) is 60.2 Å². The number of nitrogens with zero attached hydrogens (tertiary/aromatic N) is 8. The summed E-state index contributed by atoms with van der Waals surface area (Å²) in [5.74, 6) is -0.516. The van der Waals surface area contributed by atoms with Gasteiger partial charge in [-0.15, -0.1) is 17.8 Å². The van der Waals surface area contributed by atoms with E-state index in [4.69, 9.17) is 21.1 Å². The van der Waals surface area contributed by atoms with E-state index in [-0.39, 0.29) is 95.8 Å². The van der Waals surface area contributed by atoms with Crippen LogP contribution in [0.4, 0.5) is 19.0 Å². The molecule has 1 saturated carbocycles. The van der Waals surface area contributed by atoms with Gasteiger partial charge in [-0.2, -0.15) is 9.97 Å². The summed E-state index contributed by atoms with van der Waals surface area (Å²) in [6.07, 6.45) is 11.0. The summed E-state index contributed by atoms with van der Waals surface area (Å²) in [7, 11) is 0. The number of β-amino-alcohol motifs (C(OH)–C–C–N with tert-alkyl or cyclic N) is 1. The van der Waals surface area contributed by atoms with Gasteiger partial charge in [-0.25, -0.2) is 18.2 Å². The summed E-state index contributed by atoms with van der Waals surface area (Å²) >= 11 is 1.51. The lowest BCUT2D eigenvalue weighted by Gasteiger charge is -2.38. The van der Waals surface area contributed by atoms with Gasteiger partial charge < -0.3 is 50.5 Å². The number of carbonyl (C=O) groups excluding carboxylic acids is 4. The minimum atomic E-state index is -2.02. The molecule has 4 amide bonds. The second kappa shape index (κ2) is 23.7. The summed E-state index contributed by atoms with van der Waals surface area (Å²) < 4.78 is 53.8. The van der Waals surface area contributed by atoms with E-state index in [1.165, 1.54) is 46.7 Å². The van der Waals surface area contributed by atoms with Crippen molar-refractivity contribution in [2.24, 2.45) is 11.3 Å². The number of carbonyl (C=O) groups is 4. The van der Waals surface area contributed by atoms with Crippen molar-refractivity contribution in [2.45, 2.75) is 140 Å². The van der Waals surface area contributed by atoms with Gasteiger partial charge in [0.25, 0.3) is 5.91 Å². The van der Waals surface area contributed by atoms with Crippen molar-refractivity contribution < 1.29 is 47.3 Å². The number of hydrogen-bond donors (Lipinski definition) is 5. The molecule has 22 heteroatoms. The monoisotopic (exact) mass is 1200 g/mol. The maximum Gasteiger partial charge on any atom is 0.319 e. The van der Waals surface area contributed by atoms with E-state index in [1.54, 1.807) is 26.3 Å². The molecule has 5 aliphatic heterocycles. The fourth-order valence-corrected chi connectivity index (χ4v) is 14.1. The van der Waals surface area contributed by atoms with E-state index in [0.29, 0.717) is 67.1 Å². The fraction of sp³-hybridized carbons (Fsp3) is 0.500. The standard InChI is InChI=1S/C64H72F3N11O7S/c1-6-45-48(65)14-11-39-25-42(79)26-46(52(39)45)54-53(66)55-47(29-68-54)58(77-31-40-12-13-41(32-77)70-40)74-62(72-55)85-44-17-21-75(22-18-44)30-36-15-23-76(24-16-36)51(81)28-49(37-7-9-38(10-8-37)56-35(2)69-34-86-56)71-59(82)50-27-43(80)33-78(50)60(83)57(63(3,4)5)73-61(84)64(67)19-20-64/h1,7-11,14,25-26,29,34,36,40-41,43-44,49-50,57,70,79-80H,12-13,15-24,27-28,30-33H2,2-5H3,(H,71,82)(H,73,84)/t40?,41?,43-,49+,50+,57-/m1/s1. The highest BCUT2D eigenvalue weighted by atomic mass is 32.1. The number of aliphatic hydroxyl groups excluding tert-OH is 1. The zero-order valence-electron chi connectivity index (χ0n) is 48.8. The Kier molecular flexibility index (Phi) is 16.2. The van der Waals surface area contributed by atoms with Gasteiger partial charge in [0.1, 0.15) is 46.8 Å². The van der Waals surface area contributed by atoms with Gasteiger partial charge in [0.15, 0.2) is 11.5 Å². The maximum absolute atomic E-state index is 17.3. The number of fused-ring (bicyclic) bond motifs is 4. The number of ether oxygens (including phenoxy) is 1. The Bertz CT molecular complexity index is 3640. The van der Waals surface area contributed by atoms with Crippen LogP contribution in [0.2, 0.25) is 0 Å². The number of thiazole rings is 1. The molecule has 3 aromatic carbocycles. The molecule has 452 valence electrons. The number of aromatic hydroxyl groups is 1. The molecule has 1 aliphatic carbocycles. The van der Waals surface area contributed by atoms with Crippen molar-refractivity contribution in [3.05, 3.63) is 88.7 Å². The van der Waals surface area contributed by atoms with Crippen molar-refractivity contribution in [3.8, 4) is 45.8 Å². The number of aromatic nitrogens is 4. The smallest absolute Gasteiger partial charge is 0.319 e. The number of piperazine rings is 1. The Hall–Kier alpha value is -7.45. The van der Waals surface area contributed by atoms with Gasteiger partial charge in [0.05, 0.1) is 45.6 Å². The van der Waals surface area contributed by atoms with Crippen molar-refractivity contribution >= 4 is 62.5 Å². The molecule has 6 aliphatic rings. The lowest BCUT2D eigenvalue weighted by atomic mass is 9.85. The fourth-order valence-electron chi connectivity index (χ4n) is 13.3. The molecule has 6 fully saturated rings. The van der Waals surface area contributed by atoms with E-state index in [9.17, 15) is 33.8 Å². The number of halogens is 3. The predicted molar refractivity (Wildman–Crippen MR) is 320 cm³/mol. The molecular formula is C64H72F3N11O7S. The molecule has 12 rings (SSSR count). The lowest BCUT2D eigenvalue weighted by molar-refractivity contribution is -0.145. The molecule has 3 aromatic heterocycles. The van der Waals surface area contributed by atoms with E-state index in [1.807, 2.05) is 36.1 Å². The number of phenols is 1. The van der Waals surface area contributed by atoms with Crippen LogP contribution in [0.3, 0.4) is 0 Å². The summed E-state index contributed by atoms with van der Waals surface area (Å²) in [5.41, 5.74) is 1.31. The first-order valence-corrected chi connectivity index (χ1v) is 30.8. The van der Waals surface area contributed by atoms with Crippen LogP contribution in [-0.2, 0) is 19.2 Å². The number of pyridine rings is 1. The normalized spacial score (nSPS) is 22.4. The highest BCUT2D eigenvalue weighted by Crippen LogP contribution is 2.42. The minimum absolute atomic E-state index is 0.0124. The van der Waals surface area contributed by atoms with Crippen LogP contribution in [0.1, 0.15) is 108 Å². The molecule has 2 unspecified atom stereocenters. The highest BCUT2D eigenvalue weighted by Gasteiger charge is 2.53. The van der Waals surface area contributed by atoms with E-state index in [2.05, 4.69) is 41.6 Å². The molecule has 8 heterocycles. The first-order chi connectivity index (χ1) is 41.2. The number of alkyl halides is 1. The lowest BCUT2D eigenvalue weighted by Crippen LogP contribution is -2.59. The van der Waals surface area contributed by atoms with Gasteiger partial charge in [-0.05, 0) is 104 Å². The predicted octanol–water partition coefficient (Wildman–Crippen LogP) is 7.51. The van der Waals surface area contributed by atoms with E-state index < -0.39 is 64.7 Å². The third kappa shape index (κ3) is 12.0. The minimum Gasteiger partial charge on any atom is -0.508 e. The van der Waals surface area contributed by atoms with Crippen LogP contribution in [0, 0.1) is 42.2 Å². The van der Waals surface area contributed by atoms with Gasteiger partial charge >= 0.3 is 6.01 Å². The number of rotatable bonds is 15. The largest absolute Gasteiger partial charge is 0.508 e. The number of terminal acetylenes is 1. The zero-order chi connectivity index (χ0) is 60.3. The Balaban J connectivity index is 0.701. The first kappa shape index (κ1) is 58.9. The number of benzene rings is 3. The average molecular weight is 1200 g/mol. The molecule has 0 radical (unpaired) electrons. The van der Waals surface area contributed by atoms with Crippen LogP contribution < -0.4 is 25.6 Å². The Morgan fingerprint density at radius 2 is 1.65 bits per heavy atom. The molecule has 86 heavy (non-hydrogen) atoms. The number of phenolic OH excluding ortho intramolecular Hbond substituents is 1. The maximum atomic E-state index is 17.3. The highest BCUT2D eigenvalue weighted by molar-refractivity contribution is 7.13. The molecule has 18 nitrogen and oxygen atoms in total. The van der Waals surface area contributed by atoms with Crippen molar-refractivity contribution in [1.29, 1.82) is 0 Å². The molecule has 0 spiro atoms. The number of hydrogen-bond acceptors (Lipinski definition) is 15. The van der Waals surface area contributed by atoms with Crippen LogP contribution >= 0.6 is 11.3 Å². The summed E-state index contributed by atoms with van der Waals surface area (Å²) in [5, 5.41) is 32.1. The van der Waals surface area contributed by atoms with Gasteiger partial charge in [-0.3, -0.25) is 24.2 Å². The van der Waals surface area contributed by atoms with Gasteiger partial charge in [0.2, 0.25) is 17.7 Å². The van der Waals surface area contributed by atoms with E-state index in [0.717, 1.165) is 61.5 Å². The molecule has 5 N–H and O–H groups in total. The first-order valence-electron chi connectivity index (χ1n) is 30.0. The molecule has 6 aromatic rings. The molecular weight excluding hydrogens is 1120 g/mol. The van der Waals surface area contributed by atoms with E-state index >= 15 is 8.78 Å². The van der Waals surface area contributed by atoms with Crippen LogP contribution in [-0.4, -0.2) is 163 Å². The van der Waals surface area contributed by atoms with Gasteiger partial charge in [-0.1, -0.05) is 57.0 Å². The molecule has 2 bridgehead atoms. The Morgan fingerprint density at radius 1 is 0.930 bits per heavy atom. The number of piperidine rings is 2. The number of anilines is 1. The number of likely N-dealkylation sites (tertiary alicyclic amines) is 3. The summed E-state index contributed by atoms with van der Waals surface area (Å²) in [6, 6.07) is 10.6. The van der Waals surface area contributed by atoms with Crippen LogP contribution in [0.25, 0.3) is 43.4 Å². The van der Waals surface area contributed by atoms with Crippen LogP contribution in [0.5, 0.6) is 11.8 Å². The van der Waals surface area contributed by atoms with Gasteiger partial charge in [0, 0.05) is 88.0 Å². The topological polar surface area (TPSA) is 219 Å². The number of amides is 4. The third-order valence-corrected chi connectivity index (χ3v) is 19.2. The number of aryl methyl sites for hydroxylation is 1. The summed E-state index contributed by atoms with van der Waals surface area (Å²) in [6.45, 7) is 11.7. The van der Waals surface area contributed by atoms with Crippen molar-refractivity contribution in [2.75, 3.05) is 57.3 Å². The number of nitrogens with one attached hydrogen (secondary N) is 3. The van der Waals surface area contributed by atoms with Crippen molar-refractivity contribution in [1.82, 2.24) is 50.6 Å². The molecule has 5 saturated heterocycles. The Labute approximate surface area is 501 Å². The van der Waals surface area contributed by atoms with Crippen molar-refractivity contribution in [3.63, 3.8) is 0 Å². The molecule has 6 atom stereocenters. The Morgan fingerprint density at radius 3 is 2.31 bits per heavy atom. The SMILES string of the molecule is C#Cc1c(F)ccc2cc(O)cc(-c3ncc4c(N5CC6CCC(C5)N6)nc(OC5CCN(CC6CCN(C(=O)C[C@H](NC(=O)[C@@H]7C[C@@H](O)CN7C(=O)[C@@H](NC(=O)C7(F)CC7)C(C)(C)C)c7ccc(-c8scnc8C)cc7)CC6)CC5)nc4c3F)c12. The summed E-state index contributed by atoms with van der Waals surface area (Å²) in [4.78, 5) is 83.4. The second-order valence-electron chi connectivity index (χ2n) is 25.4. The third-order valence-electron chi connectivity index (χ3n) is 18.3.